The molecule has 1 amide bonds. The van der Waals surface area contributed by atoms with Crippen molar-refractivity contribution in [2.75, 3.05) is 0 Å². The summed E-state index contributed by atoms with van der Waals surface area (Å²) in [5.74, 6) is -4.02. The van der Waals surface area contributed by atoms with Crippen molar-refractivity contribution >= 4 is 35.2 Å². The molecule has 0 saturated carbocycles. The van der Waals surface area contributed by atoms with Crippen LogP contribution in [0.5, 0.6) is 0 Å². The molecule has 0 spiro atoms. The molecule has 2 rings (SSSR count). The molecule has 138 valence electrons. The van der Waals surface area contributed by atoms with Gasteiger partial charge in [0.2, 0.25) is 0 Å². The molecule has 26 heavy (non-hydrogen) atoms. The van der Waals surface area contributed by atoms with Gasteiger partial charge in [-0.05, 0) is 30.7 Å². The Labute approximate surface area is 158 Å². The molecule has 8 heteroatoms. The van der Waals surface area contributed by atoms with E-state index in [9.17, 15) is 18.4 Å². The van der Waals surface area contributed by atoms with Crippen molar-refractivity contribution in [2.24, 2.45) is 0 Å². The summed E-state index contributed by atoms with van der Waals surface area (Å²) in [5, 5.41) is 3.13. The average Bonchev–Trinajstić information content (AvgIpc) is 2.60. The van der Waals surface area contributed by atoms with Gasteiger partial charge in [-0.15, -0.1) is 0 Å². The topological polar surface area (TPSA) is 55.4 Å². The van der Waals surface area contributed by atoms with Gasteiger partial charge >= 0.3 is 5.97 Å². The number of thioether (sulfide) groups is 1. The number of ether oxygens (including phenoxy) is 1. The highest BCUT2D eigenvalue weighted by atomic mass is 35.5. The van der Waals surface area contributed by atoms with Gasteiger partial charge in [-0.3, -0.25) is 4.79 Å². The molecule has 0 aliphatic carbocycles. The molecule has 0 fully saturated rings. The second kappa shape index (κ2) is 9.54. The smallest absolute Gasteiger partial charge is 0.340 e. The van der Waals surface area contributed by atoms with Gasteiger partial charge in [0.1, 0.15) is 0 Å². The lowest BCUT2D eigenvalue weighted by atomic mass is 10.2. The first-order valence-electron chi connectivity index (χ1n) is 7.64. The van der Waals surface area contributed by atoms with Gasteiger partial charge in [-0.2, -0.15) is 8.78 Å². The van der Waals surface area contributed by atoms with Crippen LogP contribution in [0.1, 0.15) is 22.8 Å². The Morgan fingerprint density at radius 2 is 1.81 bits per heavy atom. The van der Waals surface area contributed by atoms with Crippen molar-refractivity contribution in [1.82, 2.24) is 5.32 Å². The SMILES string of the molecule is CC(OC(=O)c1ccccc1SC(F)F)C(=O)NCc1ccccc1Cl. The van der Waals surface area contributed by atoms with Crippen molar-refractivity contribution in [3.8, 4) is 0 Å². The van der Waals surface area contributed by atoms with Crippen LogP contribution in [0.15, 0.2) is 53.4 Å². The molecule has 0 radical (unpaired) electrons. The zero-order chi connectivity index (χ0) is 19.1. The first-order chi connectivity index (χ1) is 12.4. The number of nitrogens with one attached hydrogen (secondary N) is 1. The number of alkyl halides is 2. The fraction of sp³-hybridized carbons (Fsp3) is 0.222. The van der Waals surface area contributed by atoms with E-state index in [0.29, 0.717) is 5.02 Å². The van der Waals surface area contributed by atoms with Crippen molar-refractivity contribution in [2.45, 2.75) is 30.2 Å². The molecule has 1 unspecified atom stereocenters. The Bertz CT molecular complexity index is 789. The highest BCUT2D eigenvalue weighted by molar-refractivity contribution is 7.99. The van der Waals surface area contributed by atoms with Crippen LogP contribution in [0.25, 0.3) is 0 Å². The Balaban J connectivity index is 1.96. The number of halogens is 3. The van der Waals surface area contributed by atoms with Crippen molar-refractivity contribution in [3.05, 3.63) is 64.7 Å². The molecule has 0 bridgehead atoms. The first kappa shape index (κ1) is 20.2. The summed E-state index contributed by atoms with van der Waals surface area (Å²) < 4.78 is 30.3. The Hall–Kier alpha value is -2.12. The van der Waals surface area contributed by atoms with Crippen LogP contribution >= 0.6 is 23.4 Å². The van der Waals surface area contributed by atoms with E-state index >= 15 is 0 Å². The molecular formula is C18H16ClF2NO3S. The third kappa shape index (κ3) is 5.71. The molecule has 2 aromatic carbocycles. The van der Waals surface area contributed by atoms with Crippen LogP contribution in [0.3, 0.4) is 0 Å². The Morgan fingerprint density at radius 3 is 2.50 bits per heavy atom. The van der Waals surface area contributed by atoms with Gasteiger partial charge in [-0.1, -0.05) is 53.7 Å². The molecule has 0 heterocycles. The normalized spacial score (nSPS) is 11.9. The van der Waals surface area contributed by atoms with Gasteiger partial charge < -0.3 is 10.1 Å². The third-order valence-corrected chi connectivity index (χ3v) is 4.54. The minimum absolute atomic E-state index is 0.0106. The molecule has 2 aromatic rings. The minimum Gasteiger partial charge on any atom is -0.449 e. The zero-order valence-corrected chi connectivity index (χ0v) is 15.3. The third-order valence-electron chi connectivity index (χ3n) is 3.39. The molecule has 1 atom stereocenters. The van der Waals surface area contributed by atoms with Crippen molar-refractivity contribution in [1.29, 1.82) is 0 Å². The maximum atomic E-state index is 12.6. The lowest BCUT2D eigenvalue weighted by Crippen LogP contribution is -2.35. The summed E-state index contributed by atoms with van der Waals surface area (Å²) >= 11 is 6.26. The van der Waals surface area contributed by atoms with E-state index in [1.54, 1.807) is 30.3 Å². The molecule has 0 aliphatic rings. The predicted octanol–water partition coefficient (Wildman–Crippen LogP) is 4.52. The highest BCUT2D eigenvalue weighted by Crippen LogP contribution is 2.29. The number of amides is 1. The van der Waals surface area contributed by atoms with Gasteiger partial charge in [0.05, 0.1) is 5.56 Å². The van der Waals surface area contributed by atoms with Gasteiger partial charge in [0, 0.05) is 16.5 Å². The van der Waals surface area contributed by atoms with E-state index in [1.807, 2.05) is 0 Å². The van der Waals surface area contributed by atoms with Crippen LogP contribution in [0.4, 0.5) is 8.78 Å². The van der Waals surface area contributed by atoms with Gasteiger partial charge in [0.15, 0.2) is 6.10 Å². The quantitative estimate of drug-likeness (QED) is 0.549. The number of carbonyl (C=O) groups excluding carboxylic acids is 2. The summed E-state index contributed by atoms with van der Waals surface area (Å²) in [6, 6.07) is 12.9. The van der Waals surface area contributed by atoms with E-state index in [0.717, 1.165) is 5.56 Å². The lowest BCUT2D eigenvalue weighted by Gasteiger charge is -2.15. The standard InChI is InChI=1S/C18H16ClF2NO3S/c1-11(16(23)22-10-12-6-2-4-8-14(12)19)25-17(24)13-7-3-5-9-15(13)26-18(20)21/h2-9,11,18H,10H2,1H3,(H,22,23). The van der Waals surface area contributed by atoms with Crippen LogP contribution in [0, 0.1) is 0 Å². The van der Waals surface area contributed by atoms with Crippen LogP contribution in [-0.4, -0.2) is 23.7 Å². The summed E-state index contributed by atoms with van der Waals surface area (Å²) in [7, 11) is 0. The second-order valence-corrected chi connectivity index (χ2v) is 6.67. The maximum absolute atomic E-state index is 12.6. The molecule has 0 saturated heterocycles. The summed E-state index contributed by atoms with van der Waals surface area (Å²) in [6.07, 6.45) is -1.09. The van der Waals surface area contributed by atoms with E-state index < -0.39 is 23.7 Å². The van der Waals surface area contributed by atoms with Gasteiger partial charge in [0.25, 0.3) is 11.7 Å². The number of benzene rings is 2. The van der Waals surface area contributed by atoms with Gasteiger partial charge in [-0.25, -0.2) is 4.79 Å². The summed E-state index contributed by atoms with van der Waals surface area (Å²) in [6.45, 7) is 1.58. The second-order valence-electron chi connectivity index (χ2n) is 5.23. The fourth-order valence-corrected chi connectivity index (χ4v) is 2.91. The summed E-state index contributed by atoms with van der Waals surface area (Å²) in [5.41, 5.74) is 0.711. The van der Waals surface area contributed by atoms with Crippen LogP contribution in [-0.2, 0) is 16.1 Å². The highest BCUT2D eigenvalue weighted by Gasteiger charge is 2.22. The Kier molecular flexibility index (Phi) is 7.41. The average molecular weight is 400 g/mol. The van der Waals surface area contributed by atoms with Crippen molar-refractivity contribution in [3.63, 3.8) is 0 Å². The zero-order valence-electron chi connectivity index (χ0n) is 13.7. The number of rotatable bonds is 7. The van der Waals surface area contributed by atoms with E-state index in [2.05, 4.69) is 5.32 Å². The summed E-state index contributed by atoms with van der Waals surface area (Å²) in [4.78, 5) is 24.4. The number of esters is 1. The predicted molar refractivity (Wildman–Crippen MR) is 96.5 cm³/mol. The number of hydrogen-bond acceptors (Lipinski definition) is 4. The number of hydrogen-bond donors (Lipinski definition) is 1. The molecule has 4 nitrogen and oxygen atoms in total. The Morgan fingerprint density at radius 1 is 1.15 bits per heavy atom. The van der Waals surface area contributed by atoms with E-state index in [-0.39, 0.29) is 28.8 Å². The van der Waals surface area contributed by atoms with Crippen LogP contribution in [0.2, 0.25) is 5.02 Å². The monoisotopic (exact) mass is 399 g/mol. The largest absolute Gasteiger partial charge is 0.449 e. The molecule has 1 N–H and O–H groups in total. The number of carbonyl (C=O) groups is 2. The van der Waals surface area contributed by atoms with E-state index in [4.69, 9.17) is 16.3 Å². The van der Waals surface area contributed by atoms with Crippen LogP contribution < -0.4 is 5.32 Å². The molecular weight excluding hydrogens is 384 g/mol. The molecule has 0 aliphatic heterocycles. The lowest BCUT2D eigenvalue weighted by molar-refractivity contribution is -0.129. The van der Waals surface area contributed by atoms with E-state index in [1.165, 1.54) is 25.1 Å². The maximum Gasteiger partial charge on any atom is 0.340 e. The molecule has 0 aromatic heterocycles. The minimum atomic E-state index is -2.67. The fourth-order valence-electron chi connectivity index (χ4n) is 2.08. The van der Waals surface area contributed by atoms with Crippen molar-refractivity contribution < 1.29 is 23.1 Å². The first-order valence-corrected chi connectivity index (χ1v) is 8.90.